The topological polar surface area (TPSA) is 18.5 Å². The Hall–Kier alpha value is 0.571. The Kier molecular flexibility index (Phi) is 6.88. The summed E-state index contributed by atoms with van der Waals surface area (Å²) in [6.07, 6.45) is 3.69. The van der Waals surface area contributed by atoms with Crippen molar-refractivity contribution in [2.45, 2.75) is 72.0 Å². The molecule has 0 bridgehead atoms. The van der Waals surface area contributed by atoms with Crippen molar-refractivity contribution < 1.29 is 8.54 Å². The predicted molar refractivity (Wildman–Crippen MR) is 84.9 cm³/mol. The van der Waals surface area contributed by atoms with Gasteiger partial charge in [-0.3, -0.25) is 0 Å². The van der Waals surface area contributed by atoms with Gasteiger partial charge in [0.15, 0.2) is 7.83 Å². The Morgan fingerprint density at radius 2 is 1.35 bits per heavy atom. The van der Waals surface area contributed by atoms with Crippen molar-refractivity contribution in [2.75, 3.05) is 6.61 Å². The molecule has 0 atom stereocenters. The quantitative estimate of drug-likeness (QED) is 0.483. The number of rotatable bonds is 8. The zero-order valence-corrected chi connectivity index (χ0v) is 16.1. The summed E-state index contributed by atoms with van der Waals surface area (Å²) in [7, 11) is -4.61. The summed E-state index contributed by atoms with van der Waals surface area (Å²) in [6, 6.07) is 0. The first-order chi connectivity index (χ1) is 7.52. The van der Waals surface area contributed by atoms with Crippen LogP contribution < -0.4 is 0 Å². The zero-order valence-electron chi connectivity index (χ0n) is 13.1. The summed E-state index contributed by atoms with van der Waals surface area (Å²) >= 11 is 0. The summed E-state index contributed by atoms with van der Waals surface area (Å²) in [5.74, 6) is 0. The Bertz CT molecular complexity index is 222. The highest BCUT2D eigenvalue weighted by atomic mass is 29.3. The van der Waals surface area contributed by atoms with E-state index in [1.807, 2.05) is 0 Å². The molecule has 0 amide bonds. The lowest BCUT2D eigenvalue weighted by Crippen LogP contribution is -2.60. The highest BCUT2D eigenvalue weighted by Crippen LogP contribution is 2.24. The van der Waals surface area contributed by atoms with Crippen LogP contribution in [0.1, 0.15) is 26.2 Å². The van der Waals surface area contributed by atoms with E-state index < -0.39 is 24.0 Å². The van der Waals surface area contributed by atoms with E-state index >= 15 is 0 Å². The average molecular weight is 293 g/mol. The lowest BCUT2D eigenvalue weighted by molar-refractivity contribution is 0.241. The monoisotopic (exact) mass is 292 g/mol. The molecule has 0 aromatic carbocycles. The zero-order chi connectivity index (χ0) is 13.7. The molecule has 0 aromatic heterocycles. The Morgan fingerprint density at radius 3 is 1.76 bits per heavy atom. The van der Waals surface area contributed by atoms with Crippen molar-refractivity contribution in [3.8, 4) is 0 Å². The van der Waals surface area contributed by atoms with Crippen molar-refractivity contribution in [1.29, 1.82) is 0 Å². The van der Waals surface area contributed by atoms with Crippen LogP contribution in [0.4, 0.5) is 0 Å². The van der Waals surface area contributed by atoms with Crippen LogP contribution in [-0.2, 0) is 8.54 Å². The van der Waals surface area contributed by atoms with Crippen LogP contribution in [0, 0.1) is 0 Å². The molecular formula is C12H32O2Si3. The fourth-order valence-electron chi connectivity index (χ4n) is 1.47. The van der Waals surface area contributed by atoms with Gasteiger partial charge in [-0.15, -0.1) is 0 Å². The van der Waals surface area contributed by atoms with Crippen LogP contribution in [0.2, 0.25) is 45.8 Å². The average Bonchev–Trinajstić information content (AvgIpc) is 2.09. The third kappa shape index (κ3) is 6.91. The maximum absolute atomic E-state index is 6.49. The third-order valence-electron chi connectivity index (χ3n) is 3.50. The second-order valence-electron chi connectivity index (χ2n) is 6.82. The predicted octanol–water partition coefficient (Wildman–Crippen LogP) is 4.53. The van der Waals surface area contributed by atoms with Crippen LogP contribution in [0.5, 0.6) is 0 Å². The van der Waals surface area contributed by atoms with E-state index in [9.17, 15) is 0 Å². The summed E-state index contributed by atoms with van der Waals surface area (Å²) in [6.45, 7) is 19.5. The fraction of sp³-hybridized carbons (Fsp3) is 1.00. The summed E-state index contributed by atoms with van der Waals surface area (Å²) in [4.78, 5) is 0. The van der Waals surface area contributed by atoms with Gasteiger partial charge >= 0.3 is 8.56 Å². The summed E-state index contributed by atoms with van der Waals surface area (Å²) in [5.41, 5.74) is 0. The van der Waals surface area contributed by atoms with Gasteiger partial charge < -0.3 is 8.54 Å². The van der Waals surface area contributed by atoms with Crippen LogP contribution >= 0.6 is 0 Å². The molecule has 0 fully saturated rings. The number of hydrogen-bond acceptors (Lipinski definition) is 2. The molecule has 0 unspecified atom stereocenters. The largest absolute Gasteiger partial charge is 0.439 e. The normalized spacial score (nSPS) is 14.1. The molecule has 0 saturated carbocycles. The molecule has 0 saturated heterocycles. The van der Waals surface area contributed by atoms with Crippen molar-refractivity contribution in [3.05, 3.63) is 0 Å². The minimum atomic E-state index is -1.90. The Balaban J connectivity index is 4.24. The van der Waals surface area contributed by atoms with Gasteiger partial charge in [-0.2, -0.15) is 0 Å². The van der Waals surface area contributed by atoms with E-state index in [1.165, 1.54) is 19.3 Å². The van der Waals surface area contributed by atoms with Crippen LogP contribution in [-0.4, -0.2) is 30.6 Å². The van der Waals surface area contributed by atoms with E-state index in [-0.39, 0.29) is 0 Å². The molecule has 0 radical (unpaired) electrons. The molecule has 0 heterocycles. The Morgan fingerprint density at radius 1 is 0.824 bits per heavy atom. The molecule has 104 valence electrons. The molecule has 17 heavy (non-hydrogen) atoms. The van der Waals surface area contributed by atoms with Crippen molar-refractivity contribution in [1.82, 2.24) is 0 Å². The fourth-order valence-corrected chi connectivity index (χ4v) is 13.4. The van der Waals surface area contributed by atoms with Crippen LogP contribution in [0.15, 0.2) is 0 Å². The summed E-state index contributed by atoms with van der Waals surface area (Å²) in [5, 5.41) is 0. The third-order valence-corrected chi connectivity index (χ3v) is 23.8. The van der Waals surface area contributed by atoms with E-state index in [0.717, 1.165) is 6.61 Å². The standard InChI is InChI=1S/C12H32O2Si3/c1-9-10-11-12-13-16(5,6)14-17(7,8)15(2,3)4/h9-12H2,1-8H3. The van der Waals surface area contributed by atoms with Gasteiger partial charge in [0.1, 0.15) is 0 Å². The molecule has 0 aliphatic rings. The molecule has 5 heteroatoms. The first-order valence-corrected chi connectivity index (χ1v) is 17.1. The van der Waals surface area contributed by atoms with E-state index in [2.05, 4.69) is 52.8 Å². The lowest BCUT2D eigenvalue weighted by Gasteiger charge is -2.40. The Labute approximate surface area is 111 Å². The van der Waals surface area contributed by atoms with Crippen molar-refractivity contribution >= 4 is 24.0 Å². The lowest BCUT2D eigenvalue weighted by atomic mass is 10.3. The molecule has 0 aromatic rings. The first kappa shape index (κ1) is 17.6. The number of unbranched alkanes of at least 4 members (excludes halogenated alkanes) is 2. The first-order valence-electron chi connectivity index (χ1n) is 6.86. The second kappa shape index (κ2) is 6.65. The molecule has 0 spiro atoms. The smallest absolute Gasteiger partial charge is 0.321 e. The van der Waals surface area contributed by atoms with Crippen LogP contribution in [0.25, 0.3) is 0 Å². The van der Waals surface area contributed by atoms with Gasteiger partial charge in [-0.1, -0.05) is 39.4 Å². The molecule has 0 N–H and O–H groups in total. The highest BCUT2D eigenvalue weighted by Gasteiger charge is 2.43. The minimum Gasteiger partial charge on any atom is -0.439 e. The molecule has 0 aliphatic heterocycles. The maximum Gasteiger partial charge on any atom is 0.321 e. The molecule has 2 nitrogen and oxygen atoms in total. The second-order valence-corrected chi connectivity index (χ2v) is 26.4. The van der Waals surface area contributed by atoms with Gasteiger partial charge in [-0.05, 0) is 32.6 Å². The van der Waals surface area contributed by atoms with Crippen LogP contribution in [0.3, 0.4) is 0 Å². The highest BCUT2D eigenvalue weighted by molar-refractivity contribution is 7.38. The maximum atomic E-state index is 6.49. The van der Waals surface area contributed by atoms with Gasteiger partial charge in [0.25, 0.3) is 0 Å². The van der Waals surface area contributed by atoms with Crippen molar-refractivity contribution in [2.24, 2.45) is 0 Å². The van der Waals surface area contributed by atoms with E-state index in [0.29, 0.717) is 0 Å². The van der Waals surface area contributed by atoms with Gasteiger partial charge in [0.05, 0.1) is 7.59 Å². The van der Waals surface area contributed by atoms with E-state index in [4.69, 9.17) is 8.54 Å². The minimum absolute atomic E-state index is 0.878. The van der Waals surface area contributed by atoms with Gasteiger partial charge in [0.2, 0.25) is 0 Å². The molecular weight excluding hydrogens is 260 g/mol. The van der Waals surface area contributed by atoms with Crippen molar-refractivity contribution in [3.63, 3.8) is 0 Å². The molecule has 0 rings (SSSR count). The van der Waals surface area contributed by atoms with Gasteiger partial charge in [0, 0.05) is 6.61 Å². The summed E-state index contributed by atoms with van der Waals surface area (Å²) < 4.78 is 12.5. The van der Waals surface area contributed by atoms with E-state index in [1.54, 1.807) is 0 Å². The van der Waals surface area contributed by atoms with Gasteiger partial charge in [-0.25, -0.2) is 0 Å². The SMILES string of the molecule is CCCCCO[Si](C)(C)O[Si](C)(C)[Si](C)(C)C. The molecule has 0 aliphatic carbocycles. The number of hydrogen-bond donors (Lipinski definition) is 0.